The van der Waals surface area contributed by atoms with Gasteiger partial charge in [0.05, 0.1) is 0 Å². The van der Waals surface area contributed by atoms with E-state index in [0.29, 0.717) is 5.92 Å². The molecule has 42 heavy (non-hydrogen) atoms. The van der Waals surface area contributed by atoms with Crippen LogP contribution in [0.15, 0.2) is 59.8 Å². The molecule has 0 aromatic heterocycles. The van der Waals surface area contributed by atoms with Crippen molar-refractivity contribution in [2.24, 2.45) is 5.92 Å². The molecule has 0 amide bonds. The van der Waals surface area contributed by atoms with Crippen LogP contribution < -0.4 is 0 Å². The van der Waals surface area contributed by atoms with Gasteiger partial charge < -0.3 is 0 Å². The molecule has 0 bridgehead atoms. The standard InChI is InChI=1S/C25H42.C11H24.3C2H6/c1-7-11-17-22(5)18-12-13-19-23(6)20-14-21-24(10-4)25(15-8-2)16-9-3;1-3-5-7-9-11-10-8-6-4-2;3*1-2/h7,11,14,17,19-20,22H,1,8-10,12-13,15-16,18,21H2,2-6H3;3-11H2,1-2H3;3*1-2H3/b17-11-,20-14-,23-19-;;;;. The SMILES string of the molecule is C=C/C=C\C(C)CCC/C=C(C)\C=C/CC(CC)=C(CCC)CCC.CC.CC.CC.CCCCCCCCCCC. The number of allylic oxidation sites excluding steroid dienone is 9. The predicted octanol–water partition coefficient (Wildman–Crippen LogP) is 16.4. The third kappa shape index (κ3) is 43.2. The Morgan fingerprint density at radius 2 is 1.12 bits per heavy atom. The number of rotatable bonds is 22. The van der Waals surface area contributed by atoms with Gasteiger partial charge in [-0.3, -0.25) is 0 Å². The summed E-state index contributed by atoms with van der Waals surface area (Å²) in [4.78, 5) is 0. The van der Waals surface area contributed by atoms with Crippen LogP contribution >= 0.6 is 0 Å². The molecule has 252 valence electrons. The summed E-state index contributed by atoms with van der Waals surface area (Å²) in [5.74, 6) is 0.648. The number of unbranched alkanes of at least 4 members (excludes halogenated alkanes) is 9. The van der Waals surface area contributed by atoms with Gasteiger partial charge in [-0.25, -0.2) is 0 Å². The van der Waals surface area contributed by atoms with E-state index in [2.05, 4.69) is 85.4 Å². The molecular weight excluding hydrogens is 504 g/mol. The summed E-state index contributed by atoms with van der Waals surface area (Å²) in [6, 6.07) is 0. The first-order chi connectivity index (χ1) is 20.5. The zero-order chi connectivity index (χ0) is 33.3. The molecule has 0 N–H and O–H groups in total. The molecule has 0 aliphatic carbocycles. The first-order valence-corrected chi connectivity index (χ1v) is 18.8. The first-order valence-electron chi connectivity index (χ1n) is 18.8. The molecule has 1 atom stereocenters. The molecule has 1 unspecified atom stereocenters. The smallest absolute Gasteiger partial charge is 0.0133 e. The van der Waals surface area contributed by atoms with Crippen molar-refractivity contribution in [1.82, 2.24) is 0 Å². The second-order valence-corrected chi connectivity index (χ2v) is 10.6. The first kappa shape index (κ1) is 50.3. The van der Waals surface area contributed by atoms with E-state index in [1.54, 1.807) is 11.1 Å². The maximum Gasteiger partial charge on any atom is -0.0133 e. The van der Waals surface area contributed by atoms with Crippen molar-refractivity contribution in [3.63, 3.8) is 0 Å². The van der Waals surface area contributed by atoms with Gasteiger partial charge in [0.2, 0.25) is 0 Å². The van der Waals surface area contributed by atoms with Crippen LogP contribution in [0.25, 0.3) is 0 Å². The van der Waals surface area contributed by atoms with E-state index >= 15 is 0 Å². The molecule has 0 aromatic carbocycles. The zero-order valence-corrected chi connectivity index (χ0v) is 32.0. The molecule has 0 heteroatoms. The van der Waals surface area contributed by atoms with Crippen molar-refractivity contribution in [3.8, 4) is 0 Å². The largest absolute Gasteiger partial charge is 0.0991 e. The summed E-state index contributed by atoms with van der Waals surface area (Å²) < 4.78 is 0. The molecule has 0 aliphatic rings. The fourth-order valence-corrected chi connectivity index (χ4v) is 4.59. The number of hydrogen-bond acceptors (Lipinski definition) is 0. The molecule has 0 saturated carbocycles. The van der Waals surface area contributed by atoms with Gasteiger partial charge in [-0.05, 0) is 57.8 Å². The van der Waals surface area contributed by atoms with Gasteiger partial charge in [0.25, 0.3) is 0 Å². The van der Waals surface area contributed by atoms with Crippen molar-refractivity contribution in [2.75, 3.05) is 0 Å². The van der Waals surface area contributed by atoms with Crippen LogP contribution in [0.4, 0.5) is 0 Å². The van der Waals surface area contributed by atoms with E-state index in [-0.39, 0.29) is 0 Å². The lowest BCUT2D eigenvalue weighted by molar-refractivity contribution is 0.572. The summed E-state index contributed by atoms with van der Waals surface area (Å²) in [7, 11) is 0. The molecule has 0 heterocycles. The molecule has 0 aliphatic heterocycles. The lowest BCUT2D eigenvalue weighted by atomic mass is 9.95. The van der Waals surface area contributed by atoms with Crippen molar-refractivity contribution in [3.05, 3.63) is 59.8 Å². The molecule has 0 spiro atoms. The Balaban J connectivity index is -0.000000223. The van der Waals surface area contributed by atoms with Crippen molar-refractivity contribution in [1.29, 1.82) is 0 Å². The second kappa shape index (κ2) is 49.4. The van der Waals surface area contributed by atoms with E-state index in [4.69, 9.17) is 0 Å². The Kier molecular flexibility index (Phi) is 59.2. The molecule has 0 radical (unpaired) electrons. The van der Waals surface area contributed by atoms with Gasteiger partial charge in [-0.2, -0.15) is 0 Å². The second-order valence-electron chi connectivity index (χ2n) is 10.6. The topological polar surface area (TPSA) is 0 Å². The van der Waals surface area contributed by atoms with Crippen molar-refractivity contribution in [2.45, 2.75) is 206 Å². The van der Waals surface area contributed by atoms with Gasteiger partial charge in [-0.15, -0.1) is 0 Å². The van der Waals surface area contributed by atoms with Crippen molar-refractivity contribution >= 4 is 0 Å². The van der Waals surface area contributed by atoms with Crippen LogP contribution in [-0.2, 0) is 0 Å². The van der Waals surface area contributed by atoms with Crippen molar-refractivity contribution < 1.29 is 0 Å². The Hall–Kier alpha value is -1.30. The van der Waals surface area contributed by atoms with Gasteiger partial charge >= 0.3 is 0 Å². The van der Waals surface area contributed by atoms with Crippen LogP contribution in [0.5, 0.6) is 0 Å². The monoisotopic (exact) mass is 589 g/mol. The Morgan fingerprint density at radius 3 is 1.52 bits per heavy atom. The summed E-state index contributed by atoms with van der Waals surface area (Å²) in [6.07, 6.45) is 37.2. The lowest BCUT2D eigenvalue weighted by Gasteiger charge is -2.12. The average Bonchev–Trinajstić information content (AvgIpc) is 3.03. The Bertz CT molecular complexity index is 567. The minimum absolute atomic E-state index is 0.648. The van der Waals surface area contributed by atoms with Crippen LogP contribution in [-0.4, -0.2) is 0 Å². The maximum atomic E-state index is 3.72. The van der Waals surface area contributed by atoms with E-state index in [0.717, 1.165) is 6.42 Å². The third-order valence-corrected chi connectivity index (χ3v) is 6.89. The summed E-state index contributed by atoms with van der Waals surface area (Å²) in [6.45, 7) is 31.7. The fourth-order valence-electron chi connectivity index (χ4n) is 4.59. The predicted molar refractivity (Wildman–Crippen MR) is 204 cm³/mol. The number of hydrogen-bond donors (Lipinski definition) is 0. The third-order valence-electron chi connectivity index (χ3n) is 6.89. The van der Waals surface area contributed by atoms with Crippen LogP contribution in [0.3, 0.4) is 0 Å². The Labute approximate surface area is 270 Å². The molecule has 0 saturated heterocycles. The molecule has 0 rings (SSSR count). The van der Waals surface area contributed by atoms with Gasteiger partial charge in [-0.1, -0.05) is 213 Å². The van der Waals surface area contributed by atoms with Crippen LogP contribution in [0.1, 0.15) is 206 Å². The van der Waals surface area contributed by atoms with Crippen LogP contribution in [0.2, 0.25) is 0 Å². The van der Waals surface area contributed by atoms with E-state index in [9.17, 15) is 0 Å². The highest BCUT2D eigenvalue weighted by molar-refractivity contribution is 5.21. The van der Waals surface area contributed by atoms with Gasteiger partial charge in [0, 0.05) is 0 Å². The maximum absolute atomic E-state index is 3.72. The minimum atomic E-state index is 0.648. The summed E-state index contributed by atoms with van der Waals surface area (Å²) in [5.41, 5.74) is 4.77. The average molecular weight is 589 g/mol. The highest BCUT2D eigenvalue weighted by atomic mass is 14.1. The quantitative estimate of drug-likeness (QED) is 0.0670. The van der Waals surface area contributed by atoms with Gasteiger partial charge in [0.1, 0.15) is 0 Å². The molecular formula is C42H84. The molecule has 0 fully saturated rings. The summed E-state index contributed by atoms with van der Waals surface area (Å²) >= 11 is 0. The van der Waals surface area contributed by atoms with Crippen LogP contribution in [0, 0.1) is 5.92 Å². The Morgan fingerprint density at radius 1 is 0.643 bits per heavy atom. The van der Waals surface area contributed by atoms with E-state index in [1.165, 1.54) is 115 Å². The summed E-state index contributed by atoms with van der Waals surface area (Å²) in [5, 5.41) is 0. The highest BCUT2D eigenvalue weighted by Gasteiger charge is 2.03. The highest BCUT2D eigenvalue weighted by Crippen LogP contribution is 2.23. The molecule has 0 nitrogen and oxygen atoms in total. The van der Waals surface area contributed by atoms with E-state index < -0.39 is 0 Å². The fraction of sp³-hybridized carbons (Fsp3) is 0.762. The normalized spacial score (nSPS) is 11.2. The molecule has 0 aromatic rings. The van der Waals surface area contributed by atoms with Gasteiger partial charge in [0.15, 0.2) is 0 Å². The lowest BCUT2D eigenvalue weighted by Crippen LogP contribution is -1.92. The zero-order valence-electron chi connectivity index (χ0n) is 32.0. The minimum Gasteiger partial charge on any atom is -0.0991 e. The van der Waals surface area contributed by atoms with E-state index in [1.807, 2.05) is 47.6 Å².